The van der Waals surface area contributed by atoms with Crippen LogP contribution in [0.1, 0.15) is 47.5 Å². The molecule has 1 rings (SSSR count). The summed E-state index contributed by atoms with van der Waals surface area (Å²) in [6.45, 7) is 14.3. The molecule has 104 valence electrons. The van der Waals surface area contributed by atoms with E-state index in [9.17, 15) is 5.26 Å². The van der Waals surface area contributed by atoms with Gasteiger partial charge in [0.05, 0.1) is 6.07 Å². The standard InChI is InChI=1S/C15H29N3/c1-12(2)14-6-8-18(10-14)9-7-15(5,11-16)17-13(3)4/h12-14,17H,6-10H2,1-5H3. The minimum atomic E-state index is -0.385. The van der Waals surface area contributed by atoms with Crippen LogP contribution in [-0.4, -0.2) is 36.1 Å². The number of hydrogen-bond acceptors (Lipinski definition) is 3. The maximum Gasteiger partial charge on any atom is 0.105 e. The van der Waals surface area contributed by atoms with Crippen molar-refractivity contribution in [2.24, 2.45) is 11.8 Å². The van der Waals surface area contributed by atoms with Gasteiger partial charge in [0.25, 0.3) is 0 Å². The Hall–Kier alpha value is -0.590. The second kappa shape index (κ2) is 6.54. The van der Waals surface area contributed by atoms with Crippen molar-refractivity contribution in [3.05, 3.63) is 0 Å². The number of rotatable bonds is 6. The highest BCUT2D eigenvalue weighted by Crippen LogP contribution is 2.24. The van der Waals surface area contributed by atoms with E-state index in [1.165, 1.54) is 19.5 Å². The summed E-state index contributed by atoms with van der Waals surface area (Å²) in [5.74, 6) is 1.63. The second-order valence-corrected chi connectivity index (χ2v) is 6.59. The van der Waals surface area contributed by atoms with Crippen LogP contribution >= 0.6 is 0 Å². The first kappa shape index (κ1) is 15.5. The van der Waals surface area contributed by atoms with Gasteiger partial charge in [-0.05, 0) is 52.0 Å². The first-order valence-electron chi connectivity index (χ1n) is 7.27. The lowest BCUT2D eigenvalue weighted by Gasteiger charge is -2.28. The van der Waals surface area contributed by atoms with Gasteiger partial charge >= 0.3 is 0 Å². The fraction of sp³-hybridized carbons (Fsp3) is 0.933. The topological polar surface area (TPSA) is 39.1 Å². The van der Waals surface area contributed by atoms with Crippen molar-refractivity contribution in [1.82, 2.24) is 10.2 Å². The molecule has 18 heavy (non-hydrogen) atoms. The van der Waals surface area contributed by atoms with Gasteiger partial charge in [-0.15, -0.1) is 0 Å². The monoisotopic (exact) mass is 251 g/mol. The Labute approximate surface area is 113 Å². The zero-order valence-electron chi connectivity index (χ0n) is 12.7. The predicted molar refractivity (Wildman–Crippen MR) is 76.3 cm³/mol. The number of nitriles is 1. The number of hydrogen-bond donors (Lipinski definition) is 1. The van der Waals surface area contributed by atoms with Gasteiger partial charge in [-0.1, -0.05) is 13.8 Å². The fourth-order valence-corrected chi connectivity index (χ4v) is 2.79. The van der Waals surface area contributed by atoms with Crippen molar-refractivity contribution in [2.75, 3.05) is 19.6 Å². The number of likely N-dealkylation sites (tertiary alicyclic amines) is 1. The molecule has 0 aromatic carbocycles. The van der Waals surface area contributed by atoms with Crippen LogP contribution in [0.4, 0.5) is 0 Å². The van der Waals surface area contributed by atoms with Crippen LogP contribution in [0.2, 0.25) is 0 Å². The highest BCUT2D eigenvalue weighted by atomic mass is 15.1. The molecule has 0 radical (unpaired) electrons. The predicted octanol–water partition coefficient (Wildman–Crippen LogP) is 2.63. The zero-order valence-corrected chi connectivity index (χ0v) is 12.7. The average molecular weight is 251 g/mol. The lowest BCUT2D eigenvalue weighted by atomic mass is 9.95. The Bertz CT molecular complexity index is 293. The van der Waals surface area contributed by atoms with Gasteiger partial charge < -0.3 is 4.90 Å². The quantitative estimate of drug-likeness (QED) is 0.789. The molecular weight excluding hydrogens is 222 g/mol. The van der Waals surface area contributed by atoms with E-state index in [1.807, 2.05) is 6.92 Å². The van der Waals surface area contributed by atoms with E-state index in [0.29, 0.717) is 6.04 Å². The van der Waals surface area contributed by atoms with E-state index in [4.69, 9.17) is 0 Å². The van der Waals surface area contributed by atoms with Crippen molar-refractivity contribution in [2.45, 2.75) is 59.0 Å². The smallest absolute Gasteiger partial charge is 0.105 e. The lowest BCUT2D eigenvalue weighted by molar-refractivity contribution is 0.264. The summed E-state index contributed by atoms with van der Waals surface area (Å²) in [4.78, 5) is 2.52. The molecule has 1 fully saturated rings. The molecule has 1 heterocycles. The van der Waals surface area contributed by atoms with Crippen LogP contribution in [0.25, 0.3) is 0 Å². The molecule has 0 aromatic heterocycles. The van der Waals surface area contributed by atoms with E-state index < -0.39 is 0 Å². The maximum absolute atomic E-state index is 9.32. The Morgan fingerprint density at radius 2 is 2.06 bits per heavy atom. The second-order valence-electron chi connectivity index (χ2n) is 6.59. The highest BCUT2D eigenvalue weighted by molar-refractivity contribution is 5.04. The SMILES string of the molecule is CC(C)NC(C)(C#N)CCN1CCC(C(C)C)C1. The van der Waals surface area contributed by atoms with Crippen molar-refractivity contribution < 1.29 is 0 Å². The molecule has 1 saturated heterocycles. The van der Waals surface area contributed by atoms with Gasteiger partial charge in [0.1, 0.15) is 5.54 Å². The third-order valence-electron chi connectivity index (χ3n) is 4.03. The molecule has 0 aromatic rings. The summed E-state index contributed by atoms with van der Waals surface area (Å²) < 4.78 is 0. The Kier molecular flexibility index (Phi) is 5.62. The molecule has 3 heteroatoms. The van der Waals surface area contributed by atoms with Crippen molar-refractivity contribution in [3.8, 4) is 6.07 Å². The summed E-state index contributed by atoms with van der Waals surface area (Å²) >= 11 is 0. The molecule has 2 unspecified atom stereocenters. The molecule has 3 nitrogen and oxygen atoms in total. The minimum absolute atomic E-state index is 0.358. The van der Waals surface area contributed by atoms with E-state index >= 15 is 0 Å². The van der Waals surface area contributed by atoms with E-state index in [0.717, 1.165) is 24.8 Å². The molecule has 0 bridgehead atoms. The largest absolute Gasteiger partial charge is 0.303 e. The van der Waals surface area contributed by atoms with E-state index in [-0.39, 0.29) is 5.54 Å². The van der Waals surface area contributed by atoms with Crippen LogP contribution < -0.4 is 5.32 Å². The average Bonchev–Trinajstić information content (AvgIpc) is 2.74. The summed E-state index contributed by atoms with van der Waals surface area (Å²) in [6.07, 6.45) is 2.23. The minimum Gasteiger partial charge on any atom is -0.303 e. The van der Waals surface area contributed by atoms with Crippen LogP contribution in [0.5, 0.6) is 0 Å². The molecule has 0 saturated carbocycles. The van der Waals surface area contributed by atoms with Crippen molar-refractivity contribution in [1.29, 1.82) is 5.26 Å². The third-order valence-corrected chi connectivity index (χ3v) is 4.03. The first-order chi connectivity index (χ1) is 8.36. The molecule has 1 aliphatic rings. The zero-order chi connectivity index (χ0) is 13.8. The molecule has 1 N–H and O–H groups in total. The molecular formula is C15H29N3. The summed E-state index contributed by atoms with van der Waals surface area (Å²) in [6, 6.07) is 2.79. The molecule has 0 amide bonds. The molecule has 0 spiro atoms. The summed E-state index contributed by atoms with van der Waals surface area (Å²) in [5, 5.41) is 12.7. The van der Waals surface area contributed by atoms with Gasteiger partial charge in [-0.3, -0.25) is 5.32 Å². The molecule has 0 aliphatic carbocycles. The normalized spacial score (nSPS) is 24.4. The Balaban J connectivity index is 2.39. The third kappa shape index (κ3) is 4.59. The van der Waals surface area contributed by atoms with Crippen LogP contribution in [-0.2, 0) is 0 Å². The van der Waals surface area contributed by atoms with E-state index in [2.05, 4.69) is 44.0 Å². The maximum atomic E-state index is 9.32. The van der Waals surface area contributed by atoms with Crippen molar-refractivity contribution in [3.63, 3.8) is 0 Å². The first-order valence-corrected chi connectivity index (χ1v) is 7.27. The molecule has 1 aliphatic heterocycles. The van der Waals surface area contributed by atoms with Crippen LogP contribution in [0, 0.1) is 23.2 Å². The Morgan fingerprint density at radius 1 is 1.39 bits per heavy atom. The van der Waals surface area contributed by atoms with Crippen LogP contribution in [0.3, 0.4) is 0 Å². The van der Waals surface area contributed by atoms with E-state index in [1.54, 1.807) is 0 Å². The lowest BCUT2D eigenvalue weighted by Crippen LogP contribution is -2.47. The van der Waals surface area contributed by atoms with Gasteiger partial charge in [-0.2, -0.15) is 5.26 Å². The van der Waals surface area contributed by atoms with Gasteiger partial charge in [0.15, 0.2) is 0 Å². The van der Waals surface area contributed by atoms with Gasteiger partial charge in [0.2, 0.25) is 0 Å². The Morgan fingerprint density at radius 3 is 2.50 bits per heavy atom. The summed E-state index contributed by atoms with van der Waals surface area (Å²) in [7, 11) is 0. The summed E-state index contributed by atoms with van der Waals surface area (Å²) in [5.41, 5.74) is -0.385. The highest BCUT2D eigenvalue weighted by Gasteiger charge is 2.29. The number of nitrogens with zero attached hydrogens (tertiary/aromatic N) is 2. The molecule has 2 atom stereocenters. The fourth-order valence-electron chi connectivity index (χ4n) is 2.79. The van der Waals surface area contributed by atoms with Crippen LogP contribution in [0.15, 0.2) is 0 Å². The van der Waals surface area contributed by atoms with Crippen molar-refractivity contribution >= 4 is 0 Å². The van der Waals surface area contributed by atoms with Gasteiger partial charge in [0, 0.05) is 19.1 Å². The number of nitrogens with one attached hydrogen (secondary N) is 1. The van der Waals surface area contributed by atoms with Gasteiger partial charge in [-0.25, -0.2) is 0 Å².